The Morgan fingerprint density at radius 1 is 1.19 bits per heavy atom. The van der Waals surface area contributed by atoms with E-state index in [2.05, 4.69) is 10.6 Å². The molecule has 1 aliphatic heterocycles. The third kappa shape index (κ3) is 4.27. The summed E-state index contributed by atoms with van der Waals surface area (Å²) in [5, 5.41) is 13.7. The molecule has 1 aromatic carbocycles. The van der Waals surface area contributed by atoms with Crippen LogP contribution in [0.4, 0.5) is 0 Å². The van der Waals surface area contributed by atoms with Crippen molar-refractivity contribution < 1.29 is 33.4 Å². The monoisotopic (exact) mass is 372 g/mol. The van der Waals surface area contributed by atoms with Crippen LogP contribution in [0, 0.1) is 0 Å². The molecule has 2 heterocycles. The maximum atomic E-state index is 12.5. The fourth-order valence-electron chi connectivity index (χ4n) is 2.26. The Kier molecular flexibility index (Phi) is 5.11. The van der Waals surface area contributed by atoms with Gasteiger partial charge in [0.2, 0.25) is 6.79 Å². The molecule has 3 rings (SSSR count). The minimum absolute atomic E-state index is 0.00525. The molecule has 0 bridgehead atoms. The summed E-state index contributed by atoms with van der Waals surface area (Å²) in [6.45, 7) is 1.41. The highest BCUT2D eigenvalue weighted by Crippen LogP contribution is 2.33. The Morgan fingerprint density at radius 3 is 2.67 bits per heavy atom. The van der Waals surface area contributed by atoms with Crippen molar-refractivity contribution in [2.75, 3.05) is 6.79 Å². The van der Waals surface area contributed by atoms with Crippen molar-refractivity contribution in [3.8, 4) is 11.5 Å². The number of nitrogens with one attached hydrogen (secondary N) is 2. The number of ether oxygens (including phenoxy) is 2. The quantitative estimate of drug-likeness (QED) is 0.654. The Labute approximate surface area is 153 Å². The molecule has 3 N–H and O–H groups in total. The number of benzene rings is 1. The summed E-state index contributed by atoms with van der Waals surface area (Å²) in [4.78, 5) is 35.7. The van der Waals surface area contributed by atoms with Crippen molar-refractivity contribution in [1.82, 2.24) is 10.6 Å². The number of hydrogen-bond acceptors (Lipinski definition) is 6. The van der Waals surface area contributed by atoms with Gasteiger partial charge < -0.3 is 29.6 Å². The van der Waals surface area contributed by atoms with Gasteiger partial charge in [-0.1, -0.05) is 6.07 Å². The SMILES string of the molecule is C[C@@H](NC(=O)/C(=C\c1ccc2c(c1)OCO2)NC(=O)c1ccco1)C(=O)O. The zero-order chi connectivity index (χ0) is 19.4. The molecule has 0 fully saturated rings. The first kappa shape index (κ1) is 18.1. The summed E-state index contributed by atoms with van der Waals surface area (Å²) in [6.07, 6.45) is 2.72. The second-order valence-corrected chi connectivity index (χ2v) is 5.64. The molecule has 0 unspecified atom stereocenters. The summed E-state index contributed by atoms with van der Waals surface area (Å²) in [5.74, 6) is -1.54. The molecular formula is C18H16N2O7. The zero-order valence-corrected chi connectivity index (χ0v) is 14.2. The summed E-state index contributed by atoms with van der Waals surface area (Å²) in [7, 11) is 0. The molecule has 0 radical (unpaired) electrons. The molecule has 0 aliphatic carbocycles. The summed E-state index contributed by atoms with van der Waals surface area (Å²) in [5.41, 5.74) is 0.399. The molecule has 0 spiro atoms. The lowest BCUT2D eigenvalue weighted by Crippen LogP contribution is -2.42. The maximum absolute atomic E-state index is 12.5. The topological polar surface area (TPSA) is 127 Å². The van der Waals surface area contributed by atoms with E-state index in [1.807, 2.05) is 0 Å². The van der Waals surface area contributed by atoms with Gasteiger partial charge in [0, 0.05) is 0 Å². The highest BCUT2D eigenvalue weighted by atomic mass is 16.7. The van der Waals surface area contributed by atoms with Crippen molar-refractivity contribution >= 4 is 23.9 Å². The number of carbonyl (C=O) groups excluding carboxylic acids is 2. The average Bonchev–Trinajstić information content (AvgIpc) is 3.32. The minimum Gasteiger partial charge on any atom is -0.480 e. The van der Waals surface area contributed by atoms with Crippen LogP contribution >= 0.6 is 0 Å². The number of carboxylic acid groups (broad SMARTS) is 1. The lowest BCUT2D eigenvalue weighted by Gasteiger charge is -2.13. The van der Waals surface area contributed by atoms with Crippen LogP contribution in [-0.4, -0.2) is 35.7 Å². The first-order valence-electron chi connectivity index (χ1n) is 7.94. The van der Waals surface area contributed by atoms with Crippen LogP contribution in [0.25, 0.3) is 6.08 Å². The van der Waals surface area contributed by atoms with Gasteiger partial charge in [0.25, 0.3) is 11.8 Å². The first-order valence-corrected chi connectivity index (χ1v) is 7.94. The van der Waals surface area contributed by atoms with E-state index in [1.54, 1.807) is 18.2 Å². The third-order valence-electron chi connectivity index (χ3n) is 3.66. The van der Waals surface area contributed by atoms with Crippen molar-refractivity contribution in [3.63, 3.8) is 0 Å². The van der Waals surface area contributed by atoms with Crippen molar-refractivity contribution in [3.05, 3.63) is 53.6 Å². The molecule has 2 aromatic rings. The van der Waals surface area contributed by atoms with E-state index >= 15 is 0 Å². The minimum atomic E-state index is -1.21. The van der Waals surface area contributed by atoms with E-state index in [0.717, 1.165) is 0 Å². The fraction of sp³-hybridized carbons (Fsp3) is 0.167. The highest BCUT2D eigenvalue weighted by molar-refractivity contribution is 6.05. The van der Waals surface area contributed by atoms with Crippen LogP contribution < -0.4 is 20.1 Å². The molecule has 0 saturated heterocycles. The number of fused-ring (bicyclic) bond motifs is 1. The Balaban J connectivity index is 1.87. The van der Waals surface area contributed by atoms with E-state index < -0.39 is 23.8 Å². The van der Waals surface area contributed by atoms with Gasteiger partial charge in [0.05, 0.1) is 6.26 Å². The molecule has 9 heteroatoms. The smallest absolute Gasteiger partial charge is 0.325 e. The second kappa shape index (κ2) is 7.65. The number of furan rings is 1. The Morgan fingerprint density at radius 2 is 1.96 bits per heavy atom. The van der Waals surface area contributed by atoms with Crippen LogP contribution in [0.1, 0.15) is 23.0 Å². The molecule has 0 saturated carbocycles. The van der Waals surface area contributed by atoms with Crippen LogP contribution in [0.15, 0.2) is 46.7 Å². The zero-order valence-electron chi connectivity index (χ0n) is 14.2. The van der Waals surface area contributed by atoms with Crippen molar-refractivity contribution in [2.24, 2.45) is 0 Å². The molecule has 1 aromatic heterocycles. The summed E-state index contributed by atoms with van der Waals surface area (Å²) >= 11 is 0. The average molecular weight is 372 g/mol. The van der Waals surface area contributed by atoms with Gasteiger partial charge in [0.1, 0.15) is 11.7 Å². The number of hydrogen-bond donors (Lipinski definition) is 3. The first-order chi connectivity index (χ1) is 12.9. The summed E-state index contributed by atoms with van der Waals surface area (Å²) < 4.78 is 15.5. The van der Waals surface area contributed by atoms with E-state index in [-0.39, 0.29) is 18.3 Å². The second-order valence-electron chi connectivity index (χ2n) is 5.64. The molecule has 140 valence electrons. The predicted molar refractivity (Wildman–Crippen MR) is 92.0 cm³/mol. The molecular weight excluding hydrogens is 356 g/mol. The Bertz CT molecular complexity index is 902. The van der Waals surface area contributed by atoms with Crippen LogP contribution in [0.5, 0.6) is 11.5 Å². The molecule has 1 aliphatic rings. The number of carboxylic acids is 1. The van der Waals surface area contributed by atoms with Gasteiger partial charge in [-0.15, -0.1) is 0 Å². The van der Waals surface area contributed by atoms with Gasteiger partial charge in [-0.05, 0) is 42.8 Å². The normalized spacial score (nSPS) is 13.7. The van der Waals surface area contributed by atoms with Crippen molar-refractivity contribution in [2.45, 2.75) is 13.0 Å². The molecule has 27 heavy (non-hydrogen) atoms. The standard InChI is InChI=1S/C18H16N2O7/c1-10(18(23)24)19-16(21)12(20-17(22)14-3-2-6-25-14)7-11-4-5-13-15(8-11)27-9-26-13/h2-8,10H,9H2,1H3,(H,19,21)(H,20,22)(H,23,24)/b12-7+/t10-/m1/s1. The molecule has 2 amide bonds. The maximum Gasteiger partial charge on any atom is 0.325 e. The number of rotatable bonds is 6. The number of aliphatic carboxylic acids is 1. The van der Waals surface area contributed by atoms with E-state index in [1.165, 1.54) is 31.4 Å². The largest absolute Gasteiger partial charge is 0.480 e. The third-order valence-corrected chi connectivity index (χ3v) is 3.66. The number of amides is 2. The van der Waals surface area contributed by atoms with Gasteiger partial charge in [-0.2, -0.15) is 0 Å². The van der Waals surface area contributed by atoms with Crippen molar-refractivity contribution in [1.29, 1.82) is 0 Å². The van der Waals surface area contributed by atoms with E-state index in [0.29, 0.717) is 17.1 Å². The van der Waals surface area contributed by atoms with Gasteiger partial charge >= 0.3 is 5.97 Å². The molecule has 1 atom stereocenters. The van der Waals surface area contributed by atoms with Crippen LogP contribution in [0.2, 0.25) is 0 Å². The molecule has 9 nitrogen and oxygen atoms in total. The Hall–Kier alpha value is -3.75. The van der Waals surface area contributed by atoms with Gasteiger partial charge in [-0.3, -0.25) is 14.4 Å². The lowest BCUT2D eigenvalue weighted by atomic mass is 10.1. The summed E-state index contributed by atoms with van der Waals surface area (Å²) in [6, 6.07) is 6.79. The van der Waals surface area contributed by atoms with Gasteiger partial charge in [0.15, 0.2) is 17.3 Å². The van der Waals surface area contributed by atoms with Crippen LogP contribution in [0.3, 0.4) is 0 Å². The van der Waals surface area contributed by atoms with E-state index in [4.69, 9.17) is 19.0 Å². The highest BCUT2D eigenvalue weighted by Gasteiger charge is 2.21. The lowest BCUT2D eigenvalue weighted by molar-refractivity contribution is -0.140. The van der Waals surface area contributed by atoms with Gasteiger partial charge in [-0.25, -0.2) is 0 Å². The fourth-order valence-corrected chi connectivity index (χ4v) is 2.26. The van der Waals surface area contributed by atoms with Crippen LogP contribution in [-0.2, 0) is 9.59 Å². The number of carbonyl (C=O) groups is 3. The predicted octanol–water partition coefficient (Wildman–Crippen LogP) is 1.37. The van der Waals surface area contributed by atoms with E-state index in [9.17, 15) is 14.4 Å².